The Labute approximate surface area is 229 Å². The second kappa shape index (κ2) is 10.7. The number of hydrogen-bond acceptors (Lipinski definition) is 5. The molecule has 0 spiro atoms. The third kappa shape index (κ3) is 4.93. The van der Waals surface area contributed by atoms with E-state index in [1.54, 1.807) is 35.9 Å². The van der Waals surface area contributed by atoms with Crippen molar-refractivity contribution in [1.29, 1.82) is 0 Å². The van der Waals surface area contributed by atoms with Gasteiger partial charge in [-0.25, -0.2) is 18.9 Å². The number of carbonyl (C=O) groups excluding carboxylic acids is 1. The number of aromatic amines is 1. The standard InChI is InChI=1S/C30H40FN7O/c1-8-37(15-25(39)36(6)7)21-11-9-20(10-12-21)27-23(31)13-24-29(35-27)26(17(2)3)28(34-24)22-14-38-30(32-16-33-38)19(5)18(22)4/h13-14,16-17,20-21,34H,8-12,15H2,1-7H3. The molecule has 4 aromatic rings. The third-order valence-electron chi connectivity index (χ3n) is 8.60. The van der Waals surface area contributed by atoms with Gasteiger partial charge in [0.15, 0.2) is 5.65 Å². The van der Waals surface area contributed by atoms with Crippen molar-refractivity contribution in [2.24, 2.45) is 0 Å². The van der Waals surface area contributed by atoms with E-state index in [0.717, 1.165) is 76.9 Å². The van der Waals surface area contributed by atoms with E-state index in [0.29, 0.717) is 18.3 Å². The second-order valence-electron chi connectivity index (χ2n) is 11.5. The van der Waals surface area contributed by atoms with Crippen molar-refractivity contribution in [2.75, 3.05) is 27.2 Å². The van der Waals surface area contributed by atoms with Crippen LogP contribution in [-0.4, -0.2) is 73.5 Å². The summed E-state index contributed by atoms with van der Waals surface area (Å²) in [6.45, 7) is 11.8. The van der Waals surface area contributed by atoms with Crippen molar-refractivity contribution in [3.05, 3.63) is 46.8 Å². The lowest BCUT2D eigenvalue weighted by atomic mass is 9.83. The lowest BCUT2D eigenvalue weighted by Crippen LogP contribution is -2.44. The van der Waals surface area contributed by atoms with Crippen LogP contribution in [0.2, 0.25) is 0 Å². The van der Waals surface area contributed by atoms with Gasteiger partial charge in [-0.1, -0.05) is 20.8 Å². The molecule has 9 heteroatoms. The van der Waals surface area contributed by atoms with Crippen molar-refractivity contribution in [1.82, 2.24) is 34.4 Å². The molecule has 1 aliphatic rings. The molecule has 8 nitrogen and oxygen atoms in total. The minimum Gasteiger partial charge on any atom is -0.353 e. The normalized spacial score (nSPS) is 18.1. The van der Waals surface area contributed by atoms with Gasteiger partial charge in [0, 0.05) is 49.4 Å². The highest BCUT2D eigenvalue weighted by molar-refractivity contribution is 5.89. The first-order valence-electron chi connectivity index (χ1n) is 14.1. The van der Waals surface area contributed by atoms with E-state index < -0.39 is 0 Å². The maximum absolute atomic E-state index is 15.6. The Balaban J connectivity index is 1.47. The van der Waals surface area contributed by atoms with Gasteiger partial charge in [0.1, 0.15) is 12.1 Å². The highest BCUT2D eigenvalue weighted by atomic mass is 19.1. The van der Waals surface area contributed by atoms with E-state index in [2.05, 4.69) is 54.6 Å². The lowest BCUT2D eigenvalue weighted by Gasteiger charge is -2.36. The van der Waals surface area contributed by atoms with Crippen molar-refractivity contribution >= 4 is 22.6 Å². The molecular formula is C30H40FN7O. The highest BCUT2D eigenvalue weighted by Gasteiger charge is 2.30. The van der Waals surface area contributed by atoms with Crippen molar-refractivity contribution in [3.8, 4) is 11.3 Å². The van der Waals surface area contributed by atoms with Gasteiger partial charge in [-0.05, 0) is 63.1 Å². The summed E-state index contributed by atoms with van der Waals surface area (Å²) >= 11 is 0. The summed E-state index contributed by atoms with van der Waals surface area (Å²) in [5.74, 6) is 0.135. The van der Waals surface area contributed by atoms with Crippen LogP contribution in [0.15, 0.2) is 18.6 Å². The molecule has 5 rings (SSSR count). The molecule has 1 saturated carbocycles. The minimum absolute atomic E-state index is 0.0720. The van der Waals surface area contributed by atoms with Crippen LogP contribution in [0.25, 0.3) is 27.9 Å². The Hall–Kier alpha value is -3.33. The highest BCUT2D eigenvalue weighted by Crippen LogP contribution is 2.40. The monoisotopic (exact) mass is 533 g/mol. The average molecular weight is 534 g/mol. The topological polar surface area (TPSA) is 82.4 Å². The summed E-state index contributed by atoms with van der Waals surface area (Å²) < 4.78 is 17.4. The molecule has 1 amide bonds. The van der Waals surface area contributed by atoms with Crippen molar-refractivity contribution < 1.29 is 9.18 Å². The van der Waals surface area contributed by atoms with Gasteiger partial charge in [-0.15, -0.1) is 0 Å². The van der Waals surface area contributed by atoms with Crippen molar-refractivity contribution in [3.63, 3.8) is 0 Å². The SMILES string of the molecule is CCN(CC(=O)N(C)C)C1CCC(c2nc3c(C(C)C)c(-c4cn5ncnc5c(C)c4C)[nH]c3cc2F)CC1. The molecule has 4 aromatic heterocycles. The van der Waals surface area contributed by atoms with Crippen LogP contribution in [0.3, 0.4) is 0 Å². The lowest BCUT2D eigenvalue weighted by molar-refractivity contribution is -0.130. The molecule has 4 heterocycles. The number of halogens is 1. The Morgan fingerprint density at radius 3 is 2.54 bits per heavy atom. The van der Waals surface area contributed by atoms with Gasteiger partial charge < -0.3 is 9.88 Å². The van der Waals surface area contributed by atoms with E-state index in [9.17, 15) is 4.79 Å². The van der Waals surface area contributed by atoms with Gasteiger partial charge in [-0.3, -0.25) is 9.69 Å². The third-order valence-corrected chi connectivity index (χ3v) is 8.60. The molecule has 0 aliphatic heterocycles. The summed E-state index contributed by atoms with van der Waals surface area (Å²) in [4.78, 5) is 29.1. The number of fused-ring (bicyclic) bond motifs is 2. The van der Waals surface area contributed by atoms with Crippen LogP contribution in [-0.2, 0) is 4.79 Å². The zero-order valence-electron chi connectivity index (χ0n) is 24.2. The fraction of sp³-hybridized carbons (Fsp3) is 0.533. The van der Waals surface area contributed by atoms with Gasteiger partial charge >= 0.3 is 0 Å². The van der Waals surface area contributed by atoms with Crippen LogP contribution >= 0.6 is 0 Å². The first-order valence-corrected chi connectivity index (χ1v) is 14.1. The molecule has 0 saturated heterocycles. The molecule has 1 aliphatic carbocycles. The number of hydrogen-bond donors (Lipinski definition) is 1. The molecule has 39 heavy (non-hydrogen) atoms. The first-order chi connectivity index (χ1) is 18.6. The van der Waals surface area contributed by atoms with Gasteiger partial charge in [0.05, 0.1) is 29.0 Å². The van der Waals surface area contributed by atoms with Crippen LogP contribution in [0.5, 0.6) is 0 Å². The summed E-state index contributed by atoms with van der Waals surface area (Å²) in [5, 5.41) is 4.37. The second-order valence-corrected chi connectivity index (χ2v) is 11.5. The number of amides is 1. The Kier molecular flexibility index (Phi) is 7.46. The minimum atomic E-state index is -0.246. The van der Waals surface area contributed by atoms with Gasteiger partial charge in [-0.2, -0.15) is 5.10 Å². The van der Waals surface area contributed by atoms with Crippen LogP contribution in [0, 0.1) is 19.7 Å². The van der Waals surface area contributed by atoms with Crippen LogP contribution in [0.1, 0.15) is 80.7 Å². The predicted octanol–water partition coefficient (Wildman–Crippen LogP) is 5.59. The number of H-pyrrole nitrogens is 1. The molecule has 0 unspecified atom stereocenters. The first kappa shape index (κ1) is 27.2. The number of aryl methyl sites for hydroxylation is 1. The largest absolute Gasteiger partial charge is 0.353 e. The summed E-state index contributed by atoms with van der Waals surface area (Å²) in [7, 11) is 3.59. The van der Waals surface area contributed by atoms with E-state index in [1.165, 1.54) is 0 Å². The van der Waals surface area contributed by atoms with Crippen molar-refractivity contribution in [2.45, 2.75) is 78.2 Å². The number of nitrogens with zero attached hydrogens (tertiary/aromatic N) is 6. The maximum atomic E-state index is 15.6. The molecule has 1 fully saturated rings. The van der Waals surface area contributed by atoms with Gasteiger partial charge in [0.25, 0.3) is 0 Å². The molecule has 208 valence electrons. The number of carbonyl (C=O) groups is 1. The number of aromatic nitrogens is 5. The van der Waals surface area contributed by atoms with Crippen LogP contribution in [0.4, 0.5) is 4.39 Å². The number of pyridine rings is 2. The molecule has 0 atom stereocenters. The molecule has 1 N–H and O–H groups in total. The molecular weight excluding hydrogens is 493 g/mol. The summed E-state index contributed by atoms with van der Waals surface area (Å²) in [6, 6.07) is 1.97. The fourth-order valence-electron chi connectivity index (χ4n) is 6.17. The van der Waals surface area contributed by atoms with E-state index in [1.807, 2.05) is 6.20 Å². The van der Waals surface area contributed by atoms with E-state index in [4.69, 9.17) is 4.98 Å². The zero-order valence-corrected chi connectivity index (χ0v) is 24.2. The quantitative estimate of drug-likeness (QED) is 0.335. The number of rotatable bonds is 7. The molecule has 0 radical (unpaired) electrons. The Morgan fingerprint density at radius 1 is 1.18 bits per heavy atom. The maximum Gasteiger partial charge on any atom is 0.236 e. The average Bonchev–Trinajstić information content (AvgIpc) is 3.53. The number of nitrogens with one attached hydrogen (secondary N) is 1. The summed E-state index contributed by atoms with van der Waals surface area (Å²) in [5.41, 5.74) is 8.27. The van der Waals surface area contributed by atoms with Crippen LogP contribution < -0.4 is 0 Å². The number of likely N-dealkylation sites (N-methyl/N-ethyl adjacent to an activating group) is 2. The fourth-order valence-corrected chi connectivity index (χ4v) is 6.17. The smallest absolute Gasteiger partial charge is 0.236 e. The predicted molar refractivity (Wildman–Crippen MR) is 153 cm³/mol. The Bertz CT molecular complexity index is 1510. The van der Waals surface area contributed by atoms with E-state index in [-0.39, 0.29) is 23.6 Å². The summed E-state index contributed by atoms with van der Waals surface area (Å²) in [6.07, 6.45) is 7.16. The Morgan fingerprint density at radius 2 is 1.90 bits per heavy atom. The van der Waals surface area contributed by atoms with Gasteiger partial charge in [0.2, 0.25) is 5.91 Å². The molecule has 0 bridgehead atoms. The molecule has 0 aromatic carbocycles. The zero-order chi connectivity index (χ0) is 28.0. The van der Waals surface area contributed by atoms with E-state index >= 15 is 4.39 Å².